The molecule has 362 valence electrons. The molecule has 4 aromatic rings. The van der Waals surface area contributed by atoms with Gasteiger partial charge in [0, 0.05) is 54.7 Å². The summed E-state index contributed by atoms with van der Waals surface area (Å²) in [5, 5.41) is 1.54. The molecule has 0 N–H and O–H groups in total. The maximum absolute atomic E-state index is 18.2. The monoisotopic (exact) mass is 948 g/mol. The van der Waals surface area contributed by atoms with Crippen molar-refractivity contribution in [1.29, 1.82) is 0 Å². The third-order valence-corrected chi connectivity index (χ3v) is 21.2. The average molecular weight is 949 g/mol. The minimum absolute atomic E-state index is 0.0272. The lowest BCUT2D eigenvalue weighted by Crippen LogP contribution is -2.66. The van der Waals surface area contributed by atoms with Crippen LogP contribution in [0, 0.1) is 23.1 Å². The van der Waals surface area contributed by atoms with Crippen LogP contribution in [-0.4, -0.2) is 111 Å². The number of likely N-dealkylation sites (N-methyl/N-ethyl adjacent to an activating group) is 1. The number of amides is 1. The molecule has 68 heavy (non-hydrogen) atoms. The van der Waals surface area contributed by atoms with Crippen LogP contribution in [0.1, 0.15) is 94.1 Å². The Hall–Kier alpha value is -5.43. The third kappa shape index (κ3) is 8.03. The second kappa shape index (κ2) is 18.1. The predicted octanol–water partition coefficient (Wildman–Crippen LogP) is 10.9. The summed E-state index contributed by atoms with van der Waals surface area (Å²) in [6, 6.07) is 5.86. The molecule has 0 bridgehead atoms. The SMILES string of the molecule is COCOc1cc(-c2ncc3c4c5c(nc3c2F)OC[C@@H]([C@@H]2CCCN2C)N5C(=C2CC=CO2)[C@H]2CN(C(=O)OC(C)(C)C)[C@H](C)CN42)c2c(C#C[Si](C(C)C)(C(C)C)C(C)C)c(F)ccc2c1. The summed E-state index contributed by atoms with van der Waals surface area (Å²) in [5.74, 6) is 3.66. The number of anilines is 2. The van der Waals surface area contributed by atoms with Crippen molar-refractivity contribution >= 4 is 47.2 Å². The number of likely N-dealkylation sites (tertiary alicyclic amines) is 1. The molecule has 0 unspecified atom stereocenters. The molecule has 5 aliphatic rings. The molecule has 0 radical (unpaired) electrons. The Labute approximate surface area is 400 Å². The van der Waals surface area contributed by atoms with Gasteiger partial charge >= 0.3 is 6.09 Å². The van der Waals surface area contributed by atoms with Gasteiger partial charge < -0.3 is 43.3 Å². The van der Waals surface area contributed by atoms with E-state index in [2.05, 4.69) is 74.8 Å². The fourth-order valence-electron chi connectivity index (χ4n) is 11.9. The molecule has 2 fully saturated rings. The van der Waals surface area contributed by atoms with Crippen LogP contribution in [0.2, 0.25) is 16.6 Å². The summed E-state index contributed by atoms with van der Waals surface area (Å²) >= 11 is 0. The molecule has 0 saturated carbocycles. The van der Waals surface area contributed by atoms with E-state index in [0.717, 1.165) is 42.2 Å². The number of carbonyl (C=O) groups excluding carboxylic acids is 1. The Morgan fingerprint density at radius 1 is 1.03 bits per heavy atom. The van der Waals surface area contributed by atoms with E-state index in [0.29, 0.717) is 76.1 Å². The van der Waals surface area contributed by atoms with Crippen molar-refractivity contribution in [1.82, 2.24) is 19.8 Å². The highest BCUT2D eigenvalue weighted by molar-refractivity contribution is 6.90. The lowest BCUT2D eigenvalue weighted by atomic mass is 9.90. The van der Waals surface area contributed by atoms with Crippen LogP contribution in [-0.2, 0) is 14.2 Å². The van der Waals surface area contributed by atoms with Gasteiger partial charge in [-0.1, -0.05) is 53.5 Å². The number of hydrogen-bond donors (Lipinski definition) is 0. The van der Waals surface area contributed by atoms with Gasteiger partial charge in [-0.15, -0.1) is 5.54 Å². The number of pyridine rings is 2. The molecule has 4 atom stereocenters. The van der Waals surface area contributed by atoms with E-state index in [1.165, 1.54) is 13.2 Å². The molecule has 12 nitrogen and oxygen atoms in total. The highest BCUT2D eigenvalue weighted by atomic mass is 28.3. The lowest BCUT2D eigenvalue weighted by Gasteiger charge is -2.56. The zero-order valence-corrected chi connectivity index (χ0v) is 42.6. The van der Waals surface area contributed by atoms with Gasteiger partial charge in [0.25, 0.3) is 0 Å². The number of benzene rings is 2. The van der Waals surface area contributed by atoms with E-state index >= 15 is 8.78 Å². The van der Waals surface area contributed by atoms with E-state index in [1.54, 1.807) is 35.6 Å². The van der Waals surface area contributed by atoms with Gasteiger partial charge in [0.2, 0.25) is 5.88 Å². The maximum atomic E-state index is 18.2. The zero-order chi connectivity index (χ0) is 48.6. The second-order valence-electron chi connectivity index (χ2n) is 21.1. The van der Waals surface area contributed by atoms with Crippen LogP contribution in [0.5, 0.6) is 11.6 Å². The molecule has 0 spiro atoms. The van der Waals surface area contributed by atoms with Crippen LogP contribution in [0.4, 0.5) is 25.0 Å². The van der Waals surface area contributed by atoms with Gasteiger partial charge in [-0.3, -0.25) is 4.98 Å². The minimum atomic E-state index is -2.33. The number of nitrogens with zero attached hydrogens (tertiary/aromatic N) is 6. The zero-order valence-electron chi connectivity index (χ0n) is 41.6. The number of aromatic nitrogens is 2. The Balaban J connectivity index is 1.29. The number of carbonyl (C=O) groups is 1. The van der Waals surface area contributed by atoms with Crippen LogP contribution in [0.25, 0.3) is 32.9 Å². The first-order chi connectivity index (χ1) is 32.4. The fourth-order valence-corrected chi connectivity index (χ4v) is 17.1. The number of halogens is 2. The molecule has 1 amide bonds. The summed E-state index contributed by atoms with van der Waals surface area (Å²) in [6.07, 6.45) is 7.58. The molecule has 0 aliphatic carbocycles. The van der Waals surface area contributed by atoms with Crippen molar-refractivity contribution in [3.05, 3.63) is 71.5 Å². The van der Waals surface area contributed by atoms with Crippen molar-refractivity contribution in [3.8, 4) is 34.4 Å². The van der Waals surface area contributed by atoms with Crippen LogP contribution in [0.15, 0.2) is 54.3 Å². The number of methoxy groups -OCH3 is 1. The molecule has 7 heterocycles. The summed E-state index contributed by atoms with van der Waals surface area (Å²) in [6.45, 7) is 22.8. The molecule has 2 aromatic carbocycles. The van der Waals surface area contributed by atoms with E-state index in [1.807, 2.05) is 33.8 Å². The van der Waals surface area contributed by atoms with Crippen LogP contribution >= 0.6 is 0 Å². The van der Waals surface area contributed by atoms with E-state index in [-0.39, 0.29) is 41.7 Å². The number of hydrogen-bond acceptors (Lipinski definition) is 11. The number of rotatable bonds is 8. The number of ether oxygens (including phenoxy) is 5. The lowest BCUT2D eigenvalue weighted by molar-refractivity contribution is 0.0130. The second-order valence-corrected chi connectivity index (χ2v) is 26.7. The summed E-state index contributed by atoms with van der Waals surface area (Å²) in [5.41, 5.74) is 6.85. The van der Waals surface area contributed by atoms with E-state index in [9.17, 15) is 4.79 Å². The molecule has 2 aromatic heterocycles. The molecular formula is C53H66F2N6O6Si. The minimum Gasteiger partial charge on any atom is -0.474 e. The number of piperazine rings is 1. The van der Waals surface area contributed by atoms with Crippen molar-refractivity contribution in [3.63, 3.8) is 0 Å². The molecule has 2 saturated heterocycles. The largest absolute Gasteiger partial charge is 0.474 e. The van der Waals surface area contributed by atoms with Crippen LogP contribution < -0.4 is 19.3 Å². The van der Waals surface area contributed by atoms with Crippen molar-refractivity contribution in [2.45, 2.75) is 135 Å². The first-order valence-electron chi connectivity index (χ1n) is 24.2. The average Bonchev–Trinajstić information content (AvgIpc) is 3.98. The molecule has 5 aliphatic heterocycles. The highest BCUT2D eigenvalue weighted by Gasteiger charge is 2.52. The Morgan fingerprint density at radius 2 is 1.78 bits per heavy atom. The first-order valence-corrected chi connectivity index (χ1v) is 26.5. The Kier molecular flexibility index (Phi) is 12.7. The smallest absolute Gasteiger partial charge is 0.410 e. The number of fused-ring (bicyclic) bond motifs is 5. The molecule has 15 heteroatoms. The molecular weight excluding hydrogens is 883 g/mol. The van der Waals surface area contributed by atoms with Gasteiger partial charge in [0.15, 0.2) is 12.6 Å². The predicted molar refractivity (Wildman–Crippen MR) is 266 cm³/mol. The maximum Gasteiger partial charge on any atom is 0.410 e. The van der Waals surface area contributed by atoms with Crippen LogP contribution in [0.3, 0.4) is 0 Å². The van der Waals surface area contributed by atoms with Crippen molar-refractivity contribution < 1.29 is 37.3 Å². The summed E-state index contributed by atoms with van der Waals surface area (Å²) in [4.78, 5) is 32.8. The highest BCUT2D eigenvalue weighted by Crippen LogP contribution is 2.55. The first kappa shape index (κ1) is 47.6. The van der Waals surface area contributed by atoms with E-state index < -0.39 is 37.4 Å². The standard InChI is InChI=1S/C53H66F2N6O6Si/c1-30(2)68(31(3)4,32(5)6)22-19-36-39(54)18-17-34-23-35(66-29-63-12)24-37(44(34)36)46-45(55)47-38(25-56-46)48-50-51(57-47)65-28-42(40-15-13-20-58(40)11)61(50)49(43-16-14-21-64-43)41-27-59(33(7)26-60(41)48)52(62)67-53(8,9)10/h14,17-18,21,23-25,30-33,40-42H,13,15-16,20,26-29H2,1-12H3/t33-,40+,41-,42+/m1/s1. The van der Waals surface area contributed by atoms with Crippen molar-refractivity contribution in [2.75, 3.05) is 57.0 Å². The third-order valence-electron chi connectivity index (χ3n) is 14.9. The Bertz CT molecular complexity index is 2750. The summed E-state index contributed by atoms with van der Waals surface area (Å²) in [7, 11) is 1.35. The van der Waals surface area contributed by atoms with Gasteiger partial charge in [-0.25, -0.2) is 18.6 Å². The molecule has 9 rings (SSSR count). The van der Waals surface area contributed by atoms with Crippen molar-refractivity contribution in [2.24, 2.45) is 0 Å². The normalized spacial score (nSPS) is 22.8. The summed E-state index contributed by atoms with van der Waals surface area (Å²) < 4.78 is 65.0. The van der Waals surface area contributed by atoms with Gasteiger partial charge in [0.05, 0.1) is 41.8 Å². The van der Waals surface area contributed by atoms with Gasteiger partial charge in [-0.05, 0) is 100 Å². The topological polar surface area (TPSA) is 102 Å². The van der Waals surface area contributed by atoms with Gasteiger partial charge in [-0.2, -0.15) is 0 Å². The quantitative estimate of drug-likeness (QED) is 0.0958. The van der Waals surface area contributed by atoms with Gasteiger partial charge in [0.1, 0.15) is 54.5 Å². The fraction of sp³-hybridized carbons (Fsp3) is 0.528. The Morgan fingerprint density at radius 3 is 2.43 bits per heavy atom. The number of allylic oxidation sites excluding steroid dienone is 1. The van der Waals surface area contributed by atoms with E-state index in [4.69, 9.17) is 33.7 Å².